The number of halogens is 2. The summed E-state index contributed by atoms with van der Waals surface area (Å²) in [5.41, 5.74) is 0.303. The fourth-order valence-corrected chi connectivity index (χ4v) is 1.88. The Kier molecular flexibility index (Phi) is 5.19. The molecule has 2 N–H and O–H groups in total. The number of pyridine rings is 1. The first-order chi connectivity index (χ1) is 10.5. The van der Waals surface area contributed by atoms with Crippen LogP contribution in [0, 0.1) is 0 Å². The maximum Gasteiger partial charge on any atom is 0.335 e. The number of oxime groups is 1. The van der Waals surface area contributed by atoms with E-state index >= 15 is 0 Å². The van der Waals surface area contributed by atoms with E-state index in [9.17, 15) is 4.79 Å². The molecule has 1 aromatic carbocycles. The molecule has 22 heavy (non-hydrogen) atoms. The van der Waals surface area contributed by atoms with Crippen LogP contribution in [-0.4, -0.2) is 33.6 Å². The van der Waals surface area contributed by atoms with Crippen molar-refractivity contribution in [3.05, 3.63) is 57.8 Å². The summed E-state index contributed by atoms with van der Waals surface area (Å²) in [6, 6.07) is 7.30. The molecule has 2 aromatic rings. The molecule has 114 valence electrons. The summed E-state index contributed by atoms with van der Waals surface area (Å²) >= 11 is 11.7. The van der Waals surface area contributed by atoms with E-state index in [0.717, 1.165) is 0 Å². The van der Waals surface area contributed by atoms with E-state index in [1.165, 1.54) is 24.4 Å². The molecule has 0 radical (unpaired) electrons. The zero-order valence-electron chi connectivity index (χ0n) is 11.0. The van der Waals surface area contributed by atoms with Gasteiger partial charge >= 0.3 is 5.97 Å². The second kappa shape index (κ2) is 7.11. The van der Waals surface area contributed by atoms with Crippen LogP contribution in [0.15, 0.2) is 41.7 Å². The third kappa shape index (κ3) is 3.87. The molecule has 0 saturated heterocycles. The van der Waals surface area contributed by atoms with Gasteiger partial charge in [0.1, 0.15) is 18.1 Å². The van der Waals surface area contributed by atoms with Gasteiger partial charge in [0, 0.05) is 12.3 Å². The molecule has 0 aliphatic heterocycles. The van der Waals surface area contributed by atoms with Crippen molar-refractivity contribution in [2.24, 2.45) is 5.16 Å². The van der Waals surface area contributed by atoms with Crippen molar-refractivity contribution in [1.29, 1.82) is 0 Å². The number of aromatic carboxylic acids is 1. The second-order valence-electron chi connectivity index (χ2n) is 4.15. The Balaban J connectivity index is 2.14. The van der Waals surface area contributed by atoms with E-state index in [4.69, 9.17) is 38.3 Å². The zero-order chi connectivity index (χ0) is 16.1. The Labute approximate surface area is 135 Å². The Hall–Kier alpha value is -2.31. The number of hydrogen-bond donors (Lipinski definition) is 2. The van der Waals surface area contributed by atoms with Crippen LogP contribution in [-0.2, 0) is 0 Å². The molecule has 0 atom stereocenters. The minimum absolute atomic E-state index is 0.0284. The molecule has 1 heterocycles. The lowest BCUT2D eigenvalue weighted by molar-refractivity contribution is 0.0696. The number of benzene rings is 1. The molecule has 8 heteroatoms. The summed E-state index contributed by atoms with van der Waals surface area (Å²) in [4.78, 5) is 14.9. The van der Waals surface area contributed by atoms with E-state index in [0.29, 0.717) is 15.8 Å². The normalized spacial score (nSPS) is 11.3. The number of nitrogens with zero attached hydrogens (tertiary/aromatic N) is 2. The van der Waals surface area contributed by atoms with Crippen molar-refractivity contribution < 1.29 is 19.8 Å². The molecule has 0 spiro atoms. The van der Waals surface area contributed by atoms with Gasteiger partial charge in [-0.25, -0.2) is 4.79 Å². The van der Waals surface area contributed by atoms with E-state index in [1.54, 1.807) is 12.1 Å². The van der Waals surface area contributed by atoms with Crippen molar-refractivity contribution in [3.63, 3.8) is 0 Å². The lowest BCUT2D eigenvalue weighted by Gasteiger charge is -2.08. The lowest BCUT2D eigenvalue weighted by atomic mass is 10.2. The third-order valence-corrected chi connectivity index (χ3v) is 3.43. The van der Waals surface area contributed by atoms with E-state index in [1.807, 2.05) is 0 Å². The molecular formula is C14H10Cl2N2O4. The van der Waals surface area contributed by atoms with Gasteiger partial charge in [-0.05, 0) is 24.3 Å². The first-order valence-corrected chi connectivity index (χ1v) is 6.75. The highest BCUT2D eigenvalue weighted by Gasteiger charge is 2.11. The highest BCUT2D eigenvalue weighted by Crippen LogP contribution is 2.26. The van der Waals surface area contributed by atoms with Crippen LogP contribution in [0.4, 0.5) is 0 Å². The number of carboxylic acid groups (broad SMARTS) is 1. The van der Waals surface area contributed by atoms with Crippen LogP contribution < -0.4 is 4.74 Å². The number of carboxylic acids is 1. The number of carbonyl (C=O) groups is 1. The number of ether oxygens (including phenoxy) is 1. The molecular weight excluding hydrogens is 331 g/mol. The standard InChI is InChI=1S/C14H10Cl2N2O4/c15-10-2-1-9(6-11(10)16)22-7-13(18-21)12-5-8(14(19)20)3-4-17-12/h1-6,21H,7H2,(H,19,20)/b18-13+. The zero-order valence-corrected chi connectivity index (χ0v) is 12.5. The molecule has 0 amide bonds. The van der Waals surface area contributed by atoms with Gasteiger partial charge in [-0.2, -0.15) is 0 Å². The summed E-state index contributed by atoms with van der Waals surface area (Å²) in [5.74, 6) is -0.684. The SMILES string of the molecule is O=C(O)c1ccnc(/C(COc2ccc(Cl)c(Cl)c2)=N/O)c1. The van der Waals surface area contributed by atoms with Crippen molar-refractivity contribution >= 4 is 34.9 Å². The van der Waals surface area contributed by atoms with Crippen LogP contribution in [0.3, 0.4) is 0 Å². The van der Waals surface area contributed by atoms with Crippen molar-refractivity contribution in [2.45, 2.75) is 0 Å². The lowest BCUT2D eigenvalue weighted by Crippen LogP contribution is -2.15. The maximum atomic E-state index is 10.9. The molecule has 0 aliphatic rings. The fourth-order valence-electron chi connectivity index (χ4n) is 1.59. The highest BCUT2D eigenvalue weighted by molar-refractivity contribution is 6.42. The predicted molar refractivity (Wildman–Crippen MR) is 81.5 cm³/mol. The third-order valence-electron chi connectivity index (χ3n) is 2.69. The number of aromatic nitrogens is 1. The van der Waals surface area contributed by atoms with Gasteiger partial charge in [0.25, 0.3) is 0 Å². The van der Waals surface area contributed by atoms with Crippen LogP contribution in [0.2, 0.25) is 10.0 Å². The molecule has 0 unspecified atom stereocenters. The van der Waals surface area contributed by atoms with Crippen molar-refractivity contribution in [1.82, 2.24) is 4.98 Å². The quantitative estimate of drug-likeness (QED) is 0.494. The largest absolute Gasteiger partial charge is 0.487 e. The minimum Gasteiger partial charge on any atom is -0.487 e. The fraction of sp³-hybridized carbons (Fsp3) is 0.0714. The first-order valence-electron chi connectivity index (χ1n) is 5.99. The highest BCUT2D eigenvalue weighted by atomic mass is 35.5. The van der Waals surface area contributed by atoms with Crippen LogP contribution in [0.5, 0.6) is 5.75 Å². The van der Waals surface area contributed by atoms with Gasteiger partial charge in [-0.3, -0.25) is 4.98 Å². The van der Waals surface area contributed by atoms with E-state index in [2.05, 4.69) is 10.1 Å². The van der Waals surface area contributed by atoms with Crippen molar-refractivity contribution in [3.8, 4) is 5.75 Å². The number of hydrogen-bond acceptors (Lipinski definition) is 5. The van der Waals surface area contributed by atoms with E-state index in [-0.39, 0.29) is 23.6 Å². The second-order valence-corrected chi connectivity index (χ2v) is 4.96. The Bertz CT molecular complexity index is 735. The van der Waals surface area contributed by atoms with Gasteiger partial charge in [0.15, 0.2) is 0 Å². The first kappa shape index (κ1) is 16.1. The Morgan fingerprint density at radius 3 is 2.64 bits per heavy atom. The molecule has 2 rings (SSSR count). The van der Waals surface area contributed by atoms with Gasteiger partial charge in [-0.1, -0.05) is 28.4 Å². The molecule has 0 bridgehead atoms. The summed E-state index contributed by atoms with van der Waals surface area (Å²) in [5, 5.41) is 21.8. The average molecular weight is 341 g/mol. The maximum absolute atomic E-state index is 10.9. The summed E-state index contributed by atoms with van der Waals surface area (Å²) in [6.45, 7) is -0.121. The molecule has 6 nitrogen and oxygen atoms in total. The van der Waals surface area contributed by atoms with Gasteiger partial charge in [0.05, 0.1) is 21.3 Å². The molecule has 0 aliphatic carbocycles. The predicted octanol–water partition coefficient (Wildman–Crippen LogP) is 3.34. The smallest absolute Gasteiger partial charge is 0.335 e. The summed E-state index contributed by atoms with van der Waals surface area (Å²) < 4.78 is 5.43. The van der Waals surface area contributed by atoms with Crippen LogP contribution in [0.1, 0.15) is 16.1 Å². The topological polar surface area (TPSA) is 92.0 Å². The van der Waals surface area contributed by atoms with Crippen LogP contribution >= 0.6 is 23.2 Å². The van der Waals surface area contributed by atoms with Gasteiger partial charge in [0.2, 0.25) is 0 Å². The van der Waals surface area contributed by atoms with Gasteiger partial charge < -0.3 is 15.1 Å². The molecule has 1 aromatic heterocycles. The van der Waals surface area contributed by atoms with Crippen LogP contribution in [0.25, 0.3) is 0 Å². The molecule has 0 saturated carbocycles. The monoisotopic (exact) mass is 340 g/mol. The molecule has 0 fully saturated rings. The van der Waals surface area contributed by atoms with Crippen molar-refractivity contribution in [2.75, 3.05) is 6.61 Å². The Morgan fingerprint density at radius 1 is 1.23 bits per heavy atom. The minimum atomic E-state index is -1.11. The van der Waals surface area contributed by atoms with Gasteiger partial charge in [-0.15, -0.1) is 0 Å². The summed E-state index contributed by atoms with van der Waals surface area (Å²) in [7, 11) is 0. The Morgan fingerprint density at radius 2 is 2.00 bits per heavy atom. The van der Waals surface area contributed by atoms with E-state index < -0.39 is 5.97 Å². The number of rotatable bonds is 5. The average Bonchev–Trinajstić information content (AvgIpc) is 2.51. The summed E-state index contributed by atoms with van der Waals surface area (Å²) in [6.07, 6.45) is 1.31.